The number of nitrogens with one attached hydrogen (secondary N) is 1. The van der Waals surface area contributed by atoms with E-state index in [9.17, 15) is 9.59 Å². The standard InChI is InChI=1S/C23H25NO7/c25-22(24-14-17-15-29-10-9-27-7-8-28-11-12-30-17)20-13-19-18-4-2-1-3-16(18)5-6-21(19)31-23(20)26/h1-6,13,17H,7-12,14-15H2,(H,24,25). The zero-order valence-electron chi connectivity index (χ0n) is 17.1. The van der Waals surface area contributed by atoms with Crippen LogP contribution in [0.25, 0.3) is 21.7 Å². The Kier molecular flexibility index (Phi) is 7.26. The van der Waals surface area contributed by atoms with E-state index in [1.807, 2.05) is 30.3 Å². The predicted molar refractivity (Wildman–Crippen MR) is 115 cm³/mol. The van der Waals surface area contributed by atoms with Gasteiger partial charge in [-0.25, -0.2) is 4.79 Å². The number of benzene rings is 2. The van der Waals surface area contributed by atoms with Crippen LogP contribution in [0.4, 0.5) is 0 Å². The highest BCUT2D eigenvalue weighted by Gasteiger charge is 2.18. The second-order valence-electron chi connectivity index (χ2n) is 7.15. The van der Waals surface area contributed by atoms with E-state index in [-0.39, 0.29) is 18.2 Å². The highest BCUT2D eigenvalue weighted by molar-refractivity contribution is 6.07. The van der Waals surface area contributed by atoms with Gasteiger partial charge in [0, 0.05) is 11.9 Å². The van der Waals surface area contributed by atoms with E-state index in [0.717, 1.165) is 10.8 Å². The predicted octanol–water partition coefficient (Wildman–Crippen LogP) is 2.12. The summed E-state index contributed by atoms with van der Waals surface area (Å²) < 4.78 is 27.5. The number of fused-ring (bicyclic) bond motifs is 3. The molecule has 8 heteroatoms. The van der Waals surface area contributed by atoms with E-state index in [1.54, 1.807) is 12.1 Å². The molecule has 4 rings (SSSR count). The number of carbonyl (C=O) groups excluding carboxylic acids is 1. The van der Waals surface area contributed by atoms with Crippen molar-refractivity contribution in [2.75, 3.05) is 52.8 Å². The summed E-state index contributed by atoms with van der Waals surface area (Å²) in [4.78, 5) is 25.2. The number of rotatable bonds is 3. The Hall–Kier alpha value is -2.78. The fourth-order valence-electron chi connectivity index (χ4n) is 3.43. The molecule has 1 aliphatic heterocycles. The maximum absolute atomic E-state index is 12.8. The zero-order valence-corrected chi connectivity index (χ0v) is 17.1. The van der Waals surface area contributed by atoms with Crippen molar-refractivity contribution in [2.45, 2.75) is 6.10 Å². The zero-order chi connectivity index (χ0) is 21.5. The Bertz CT molecular complexity index is 1080. The van der Waals surface area contributed by atoms with Crippen molar-refractivity contribution in [3.8, 4) is 0 Å². The first-order chi connectivity index (χ1) is 15.2. The van der Waals surface area contributed by atoms with Crippen molar-refractivity contribution in [1.29, 1.82) is 0 Å². The summed E-state index contributed by atoms with van der Waals surface area (Å²) >= 11 is 0. The molecule has 3 aromatic rings. The van der Waals surface area contributed by atoms with Gasteiger partial charge in [0.15, 0.2) is 0 Å². The van der Waals surface area contributed by atoms with Gasteiger partial charge in [-0.05, 0) is 22.9 Å². The summed E-state index contributed by atoms with van der Waals surface area (Å²) in [6.45, 7) is 3.18. The number of carbonyl (C=O) groups is 1. The average Bonchev–Trinajstić information content (AvgIpc) is 2.78. The lowest BCUT2D eigenvalue weighted by Crippen LogP contribution is -2.38. The molecule has 1 aromatic heterocycles. The molecule has 2 heterocycles. The summed E-state index contributed by atoms with van der Waals surface area (Å²) in [6, 6.07) is 12.9. The maximum Gasteiger partial charge on any atom is 0.349 e. The first-order valence-electron chi connectivity index (χ1n) is 10.3. The van der Waals surface area contributed by atoms with Gasteiger partial charge in [-0.15, -0.1) is 0 Å². The highest BCUT2D eigenvalue weighted by Crippen LogP contribution is 2.24. The minimum absolute atomic E-state index is 0.0466. The molecule has 0 aliphatic carbocycles. The molecule has 1 fully saturated rings. The summed E-state index contributed by atoms with van der Waals surface area (Å²) in [5, 5.41) is 5.39. The van der Waals surface area contributed by atoms with Gasteiger partial charge in [-0.2, -0.15) is 0 Å². The van der Waals surface area contributed by atoms with E-state index < -0.39 is 11.5 Å². The van der Waals surface area contributed by atoms with Crippen molar-refractivity contribution in [3.05, 3.63) is 58.4 Å². The van der Waals surface area contributed by atoms with Crippen LogP contribution in [0.3, 0.4) is 0 Å². The first kappa shape index (κ1) is 21.5. The number of hydrogen-bond donors (Lipinski definition) is 1. The molecule has 1 amide bonds. The largest absolute Gasteiger partial charge is 0.422 e. The monoisotopic (exact) mass is 427 g/mol. The molecule has 1 atom stereocenters. The van der Waals surface area contributed by atoms with E-state index in [1.165, 1.54) is 0 Å². The van der Waals surface area contributed by atoms with E-state index >= 15 is 0 Å². The third-order valence-electron chi connectivity index (χ3n) is 5.01. The molecule has 2 aromatic carbocycles. The van der Waals surface area contributed by atoms with Crippen LogP contribution in [0.2, 0.25) is 0 Å². The van der Waals surface area contributed by atoms with Crippen LogP contribution in [-0.2, 0) is 18.9 Å². The average molecular weight is 427 g/mol. The summed E-state index contributed by atoms with van der Waals surface area (Å²) in [5.41, 5.74) is -0.283. The minimum atomic E-state index is -0.679. The lowest BCUT2D eigenvalue weighted by molar-refractivity contribution is -0.0650. The molecule has 1 N–H and O–H groups in total. The Balaban J connectivity index is 1.47. The molecule has 1 unspecified atom stereocenters. The van der Waals surface area contributed by atoms with Crippen LogP contribution in [0.5, 0.6) is 0 Å². The third-order valence-corrected chi connectivity index (χ3v) is 5.01. The van der Waals surface area contributed by atoms with Crippen LogP contribution < -0.4 is 10.9 Å². The molecule has 31 heavy (non-hydrogen) atoms. The molecule has 0 spiro atoms. The minimum Gasteiger partial charge on any atom is -0.422 e. The molecule has 0 radical (unpaired) electrons. The van der Waals surface area contributed by atoms with Crippen molar-refractivity contribution in [1.82, 2.24) is 5.32 Å². The second kappa shape index (κ2) is 10.5. The smallest absolute Gasteiger partial charge is 0.349 e. The number of hydrogen-bond acceptors (Lipinski definition) is 7. The lowest BCUT2D eigenvalue weighted by atomic mass is 10.0. The number of amides is 1. The molecular weight excluding hydrogens is 402 g/mol. The second-order valence-corrected chi connectivity index (χ2v) is 7.15. The SMILES string of the molecule is O=C(NCC1COCCOCCOCCO1)c1cc2c(ccc3ccccc32)oc1=O. The number of ether oxygens (including phenoxy) is 4. The maximum atomic E-state index is 12.8. The van der Waals surface area contributed by atoms with Gasteiger partial charge < -0.3 is 28.7 Å². The topological polar surface area (TPSA) is 96.2 Å². The Morgan fingerprint density at radius 3 is 2.48 bits per heavy atom. The lowest BCUT2D eigenvalue weighted by Gasteiger charge is -2.19. The van der Waals surface area contributed by atoms with Crippen LogP contribution in [0.1, 0.15) is 10.4 Å². The molecule has 0 saturated carbocycles. The van der Waals surface area contributed by atoms with Crippen LogP contribution in [-0.4, -0.2) is 64.8 Å². The van der Waals surface area contributed by atoms with Crippen LogP contribution in [0.15, 0.2) is 51.7 Å². The van der Waals surface area contributed by atoms with Gasteiger partial charge in [-0.3, -0.25) is 4.79 Å². The molecule has 8 nitrogen and oxygen atoms in total. The van der Waals surface area contributed by atoms with Gasteiger partial charge in [-0.1, -0.05) is 30.3 Å². The molecule has 0 bridgehead atoms. The van der Waals surface area contributed by atoms with Crippen LogP contribution >= 0.6 is 0 Å². The van der Waals surface area contributed by atoms with Crippen molar-refractivity contribution < 1.29 is 28.2 Å². The van der Waals surface area contributed by atoms with Gasteiger partial charge in [0.25, 0.3) is 5.91 Å². The Morgan fingerprint density at radius 2 is 1.65 bits per heavy atom. The van der Waals surface area contributed by atoms with Crippen LogP contribution in [0, 0.1) is 0 Å². The Labute approximate surface area is 179 Å². The summed E-state index contributed by atoms with van der Waals surface area (Å²) in [6.07, 6.45) is -0.375. The highest BCUT2D eigenvalue weighted by atomic mass is 16.6. The van der Waals surface area contributed by atoms with Gasteiger partial charge in [0.2, 0.25) is 0 Å². The molecular formula is C23H25NO7. The quantitative estimate of drug-likeness (QED) is 0.505. The summed E-state index contributed by atoms with van der Waals surface area (Å²) in [7, 11) is 0. The van der Waals surface area contributed by atoms with Gasteiger partial charge in [0.05, 0.1) is 52.4 Å². The normalized spacial score (nSPS) is 18.9. The van der Waals surface area contributed by atoms with E-state index in [0.29, 0.717) is 57.2 Å². The summed E-state index contributed by atoms with van der Waals surface area (Å²) in [5.74, 6) is -0.516. The van der Waals surface area contributed by atoms with Crippen molar-refractivity contribution in [2.24, 2.45) is 0 Å². The van der Waals surface area contributed by atoms with Crippen molar-refractivity contribution in [3.63, 3.8) is 0 Å². The van der Waals surface area contributed by atoms with Gasteiger partial charge >= 0.3 is 5.63 Å². The molecule has 1 saturated heterocycles. The third kappa shape index (κ3) is 5.48. The van der Waals surface area contributed by atoms with E-state index in [4.69, 9.17) is 23.4 Å². The molecule has 1 aliphatic rings. The van der Waals surface area contributed by atoms with Gasteiger partial charge in [0.1, 0.15) is 11.1 Å². The fraction of sp³-hybridized carbons (Fsp3) is 0.391. The van der Waals surface area contributed by atoms with E-state index in [2.05, 4.69) is 5.32 Å². The Morgan fingerprint density at radius 1 is 0.903 bits per heavy atom. The molecule has 164 valence electrons. The fourth-order valence-corrected chi connectivity index (χ4v) is 3.43. The van der Waals surface area contributed by atoms with Crippen molar-refractivity contribution >= 4 is 27.6 Å². The first-order valence-corrected chi connectivity index (χ1v) is 10.3.